The molecule has 0 aliphatic rings. The van der Waals surface area contributed by atoms with Crippen molar-refractivity contribution in [3.8, 4) is 11.8 Å². The summed E-state index contributed by atoms with van der Waals surface area (Å²) in [5, 5.41) is 10.3. The fourth-order valence-corrected chi connectivity index (χ4v) is 2.81. The van der Waals surface area contributed by atoms with Crippen LogP contribution < -0.4 is 4.74 Å². The molecular weight excluding hydrogens is 280 g/mol. The highest BCUT2D eigenvalue weighted by molar-refractivity contribution is 7.11. The monoisotopic (exact) mass is 292 g/mol. The number of hydrogen-bond donors (Lipinski definition) is 0. The van der Waals surface area contributed by atoms with Gasteiger partial charge in [-0.1, -0.05) is 23.7 Å². The molecule has 98 valence electrons. The van der Waals surface area contributed by atoms with Crippen LogP contribution >= 0.6 is 22.9 Å². The predicted octanol–water partition coefficient (Wildman–Crippen LogP) is 3.79. The molecule has 2 aromatic rings. The van der Waals surface area contributed by atoms with E-state index in [1.54, 1.807) is 17.4 Å². The fourth-order valence-electron chi connectivity index (χ4n) is 1.64. The summed E-state index contributed by atoms with van der Waals surface area (Å²) in [7, 11) is 0. The lowest BCUT2D eigenvalue weighted by molar-refractivity contribution is 0.322. The molecule has 0 N–H and O–H groups in total. The Labute approximate surface area is 121 Å². The lowest BCUT2D eigenvalue weighted by Gasteiger charge is -2.06. The number of hydrogen-bond acceptors (Lipinski definition) is 4. The van der Waals surface area contributed by atoms with Gasteiger partial charge < -0.3 is 4.74 Å². The summed E-state index contributed by atoms with van der Waals surface area (Å²) in [5.74, 6) is 0.690. The molecule has 0 bridgehead atoms. The minimum Gasteiger partial charge on any atom is -0.492 e. The van der Waals surface area contributed by atoms with E-state index in [9.17, 15) is 0 Å². The van der Waals surface area contributed by atoms with E-state index in [4.69, 9.17) is 21.6 Å². The highest BCUT2D eigenvalue weighted by Gasteiger charge is 2.07. The maximum Gasteiger partial charge on any atom is 0.137 e. The molecule has 1 aromatic heterocycles. The molecule has 0 unspecified atom stereocenters. The SMILES string of the molecule is Cc1nc(CCOc2ccccc2Cl)sc1CC#N. The molecule has 0 fully saturated rings. The van der Waals surface area contributed by atoms with Gasteiger partial charge >= 0.3 is 0 Å². The summed E-state index contributed by atoms with van der Waals surface area (Å²) in [6, 6.07) is 9.55. The largest absolute Gasteiger partial charge is 0.492 e. The smallest absolute Gasteiger partial charge is 0.137 e. The summed E-state index contributed by atoms with van der Waals surface area (Å²) in [6.45, 7) is 2.46. The average Bonchev–Trinajstić information content (AvgIpc) is 2.73. The van der Waals surface area contributed by atoms with E-state index in [-0.39, 0.29) is 0 Å². The van der Waals surface area contributed by atoms with Crippen LogP contribution in [0.25, 0.3) is 0 Å². The predicted molar refractivity (Wildman–Crippen MR) is 76.8 cm³/mol. The second kappa shape index (κ2) is 6.55. The van der Waals surface area contributed by atoms with E-state index < -0.39 is 0 Å². The van der Waals surface area contributed by atoms with Gasteiger partial charge in [-0.3, -0.25) is 0 Å². The Morgan fingerprint density at radius 2 is 2.21 bits per heavy atom. The van der Waals surface area contributed by atoms with Crippen molar-refractivity contribution < 1.29 is 4.74 Å². The van der Waals surface area contributed by atoms with Crippen LogP contribution in [0, 0.1) is 18.3 Å². The molecule has 1 heterocycles. The second-order valence-electron chi connectivity index (χ2n) is 3.98. The molecule has 0 saturated carbocycles. The van der Waals surface area contributed by atoms with Crippen molar-refractivity contribution in [2.24, 2.45) is 0 Å². The van der Waals surface area contributed by atoms with Crippen LogP contribution in [0.1, 0.15) is 15.6 Å². The number of thiazole rings is 1. The van der Waals surface area contributed by atoms with E-state index >= 15 is 0 Å². The van der Waals surface area contributed by atoms with Crippen LogP contribution in [0.3, 0.4) is 0 Å². The summed E-state index contributed by atoms with van der Waals surface area (Å²) in [5.41, 5.74) is 0.944. The molecule has 19 heavy (non-hydrogen) atoms. The molecule has 0 aliphatic carbocycles. The third kappa shape index (κ3) is 3.69. The van der Waals surface area contributed by atoms with Crippen LogP contribution in [-0.2, 0) is 12.8 Å². The van der Waals surface area contributed by atoms with E-state index in [2.05, 4.69) is 11.1 Å². The number of halogens is 1. The lowest BCUT2D eigenvalue weighted by atomic mass is 10.3. The number of benzene rings is 1. The molecule has 0 aliphatic heterocycles. The third-order valence-corrected chi connectivity index (χ3v) is 4.12. The molecular formula is C14H13ClN2OS. The normalized spacial score (nSPS) is 10.2. The van der Waals surface area contributed by atoms with Crippen LogP contribution in [0.4, 0.5) is 0 Å². The van der Waals surface area contributed by atoms with Gasteiger partial charge in [0.2, 0.25) is 0 Å². The number of rotatable bonds is 5. The third-order valence-electron chi connectivity index (χ3n) is 2.59. The Morgan fingerprint density at radius 3 is 2.95 bits per heavy atom. The van der Waals surface area contributed by atoms with Crippen LogP contribution in [0.15, 0.2) is 24.3 Å². The van der Waals surface area contributed by atoms with E-state index in [1.807, 2.05) is 25.1 Å². The molecule has 2 rings (SSSR count). The van der Waals surface area contributed by atoms with Crippen molar-refractivity contribution in [2.45, 2.75) is 19.8 Å². The summed E-state index contributed by atoms with van der Waals surface area (Å²) in [4.78, 5) is 5.47. The first kappa shape index (κ1) is 13.9. The highest BCUT2D eigenvalue weighted by Crippen LogP contribution is 2.24. The first-order valence-corrected chi connectivity index (χ1v) is 7.09. The quantitative estimate of drug-likeness (QED) is 0.842. The van der Waals surface area contributed by atoms with Crippen molar-refractivity contribution >= 4 is 22.9 Å². The zero-order chi connectivity index (χ0) is 13.7. The standard InChI is InChI=1S/C14H13ClN2OS/c1-10-13(6-8-16)19-14(17-10)7-9-18-12-5-3-2-4-11(12)15/h2-5H,6-7,9H2,1H3. The van der Waals surface area contributed by atoms with Gasteiger partial charge in [0.25, 0.3) is 0 Å². The first-order valence-electron chi connectivity index (χ1n) is 5.90. The number of nitriles is 1. The van der Waals surface area contributed by atoms with E-state index in [1.165, 1.54) is 0 Å². The minimum absolute atomic E-state index is 0.425. The molecule has 1 aromatic carbocycles. The first-order chi connectivity index (χ1) is 9.20. The molecule has 0 amide bonds. The zero-order valence-electron chi connectivity index (χ0n) is 10.5. The number of para-hydroxylation sites is 1. The topological polar surface area (TPSA) is 45.9 Å². The van der Waals surface area contributed by atoms with Gasteiger partial charge in [0.15, 0.2) is 0 Å². The van der Waals surface area contributed by atoms with Crippen molar-refractivity contribution in [1.82, 2.24) is 4.98 Å². The van der Waals surface area contributed by atoms with Gasteiger partial charge in [0.05, 0.1) is 34.8 Å². The summed E-state index contributed by atoms with van der Waals surface area (Å²) < 4.78 is 5.62. The van der Waals surface area contributed by atoms with Gasteiger partial charge in [-0.15, -0.1) is 11.3 Å². The number of ether oxygens (including phenoxy) is 1. The van der Waals surface area contributed by atoms with Crippen LogP contribution in [0.2, 0.25) is 5.02 Å². The van der Waals surface area contributed by atoms with Gasteiger partial charge in [-0.25, -0.2) is 4.98 Å². The summed E-state index contributed by atoms with van der Waals surface area (Å²) >= 11 is 7.58. The molecule has 0 atom stereocenters. The van der Waals surface area contributed by atoms with E-state index in [0.717, 1.165) is 22.0 Å². The fraction of sp³-hybridized carbons (Fsp3) is 0.286. The van der Waals surface area contributed by atoms with Gasteiger partial charge in [0.1, 0.15) is 5.75 Å². The van der Waals surface area contributed by atoms with Gasteiger partial charge in [-0.05, 0) is 19.1 Å². The molecule has 0 radical (unpaired) electrons. The molecule has 0 saturated heterocycles. The minimum atomic E-state index is 0.425. The van der Waals surface area contributed by atoms with Crippen LogP contribution in [0.5, 0.6) is 5.75 Å². The van der Waals surface area contributed by atoms with Gasteiger partial charge in [-0.2, -0.15) is 5.26 Å². The molecule has 5 heteroatoms. The maximum atomic E-state index is 8.70. The highest BCUT2D eigenvalue weighted by atomic mass is 35.5. The Balaban J connectivity index is 1.91. The number of aryl methyl sites for hydroxylation is 1. The summed E-state index contributed by atoms with van der Waals surface area (Å²) in [6.07, 6.45) is 1.15. The van der Waals surface area contributed by atoms with E-state index in [0.29, 0.717) is 23.8 Å². The van der Waals surface area contributed by atoms with Gasteiger partial charge in [0, 0.05) is 11.3 Å². The number of nitrogens with zero attached hydrogens (tertiary/aromatic N) is 2. The molecule has 3 nitrogen and oxygen atoms in total. The van der Waals surface area contributed by atoms with Crippen molar-refractivity contribution in [1.29, 1.82) is 5.26 Å². The molecule has 0 spiro atoms. The second-order valence-corrected chi connectivity index (χ2v) is 5.56. The Kier molecular flexibility index (Phi) is 4.78. The number of aromatic nitrogens is 1. The zero-order valence-corrected chi connectivity index (χ0v) is 12.1. The average molecular weight is 293 g/mol. The Hall–Kier alpha value is -1.57. The van der Waals surface area contributed by atoms with Crippen molar-refractivity contribution in [3.05, 3.63) is 44.9 Å². The van der Waals surface area contributed by atoms with Crippen molar-refractivity contribution in [3.63, 3.8) is 0 Å². The lowest BCUT2D eigenvalue weighted by Crippen LogP contribution is -2.01. The maximum absolute atomic E-state index is 8.70. The van der Waals surface area contributed by atoms with Crippen LogP contribution in [-0.4, -0.2) is 11.6 Å². The van der Waals surface area contributed by atoms with Crippen molar-refractivity contribution in [2.75, 3.05) is 6.61 Å². The Morgan fingerprint density at radius 1 is 1.42 bits per heavy atom. The Bertz CT molecular complexity index is 604.